The molecule has 0 N–H and O–H groups in total. The fraction of sp³-hybridized carbons (Fsp3) is 0. The molecule has 0 spiro atoms. The van der Waals surface area contributed by atoms with E-state index in [2.05, 4.69) is 121 Å². The van der Waals surface area contributed by atoms with E-state index < -0.39 is 0 Å². The standard InChI is InChI=1S/C34H20N2S2/c1-2-8-21(9-3-1)22-14-16-23(17-15-22)31-33-32(27-11-5-7-13-29(27)38-33)36-34(35-31)24-18-19-26-25-10-4-6-12-28(25)37-30(26)20-24/h1-20H. The molecule has 38 heavy (non-hydrogen) atoms. The number of fused-ring (bicyclic) bond motifs is 6. The van der Waals surface area contributed by atoms with Crippen LogP contribution in [0.1, 0.15) is 0 Å². The zero-order valence-electron chi connectivity index (χ0n) is 20.3. The highest BCUT2D eigenvalue weighted by molar-refractivity contribution is 7.26. The smallest absolute Gasteiger partial charge is 0.160 e. The molecule has 0 bridgehead atoms. The van der Waals surface area contributed by atoms with Crippen molar-refractivity contribution < 1.29 is 0 Å². The second-order valence-electron chi connectivity index (χ2n) is 9.42. The summed E-state index contributed by atoms with van der Waals surface area (Å²) in [4.78, 5) is 10.4. The normalized spacial score (nSPS) is 11.7. The van der Waals surface area contributed by atoms with Gasteiger partial charge in [-0.1, -0.05) is 103 Å². The molecular weight excluding hydrogens is 501 g/mol. The van der Waals surface area contributed by atoms with E-state index in [1.807, 2.05) is 11.3 Å². The van der Waals surface area contributed by atoms with Gasteiger partial charge in [0, 0.05) is 41.4 Å². The number of rotatable bonds is 3. The molecule has 0 aliphatic heterocycles. The molecule has 0 unspecified atom stereocenters. The number of nitrogens with zero attached hydrogens (tertiary/aromatic N) is 2. The van der Waals surface area contributed by atoms with Crippen LogP contribution in [0.25, 0.3) is 74.2 Å². The second-order valence-corrected chi connectivity index (χ2v) is 11.6. The topological polar surface area (TPSA) is 25.8 Å². The first-order valence-electron chi connectivity index (χ1n) is 12.6. The van der Waals surface area contributed by atoms with E-state index in [0.29, 0.717) is 0 Å². The summed E-state index contributed by atoms with van der Waals surface area (Å²) in [6.45, 7) is 0. The Hall–Kier alpha value is -4.38. The predicted molar refractivity (Wildman–Crippen MR) is 164 cm³/mol. The Morgan fingerprint density at radius 2 is 1.03 bits per heavy atom. The monoisotopic (exact) mass is 520 g/mol. The van der Waals surface area contributed by atoms with Crippen molar-refractivity contribution in [3.63, 3.8) is 0 Å². The first-order valence-corrected chi connectivity index (χ1v) is 14.2. The lowest BCUT2D eigenvalue weighted by molar-refractivity contribution is 1.24. The maximum atomic E-state index is 5.20. The average Bonchev–Trinajstić information content (AvgIpc) is 3.55. The molecule has 0 atom stereocenters. The van der Waals surface area contributed by atoms with Crippen molar-refractivity contribution in [3.8, 4) is 33.8 Å². The van der Waals surface area contributed by atoms with E-state index in [4.69, 9.17) is 9.97 Å². The van der Waals surface area contributed by atoms with Gasteiger partial charge in [0.2, 0.25) is 0 Å². The Balaban J connectivity index is 1.34. The van der Waals surface area contributed by atoms with Gasteiger partial charge in [-0.05, 0) is 29.3 Å². The molecule has 2 nitrogen and oxygen atoms in total. The molecule has 8 rings (SSSR count). The summed E-state index contributed by atoms with van der Waals surface area (Å²) in [6, 6.07) is 43.0. The summed E-state index contributed by atoms with van der Waals surface area (Å²) < 4.78 is 4.93. The summed E-state index contributed by atoms with van der Waals surface area (Å²) in [7, 11) is 0. The van der Waals surface area contributed by atoms with Gasteiger partial charge in [-0.15, -0.1) is 22.7 Å². The molecule has 0 fully saturated rings. The van der Waals surface area contributed by atoms with Crippen LogP contribution < -0.4 is 0 Å². The van der Waals surface area contributed by atoms with E-state index in [0.717, 1.165) is 32.9 Å². The third-order valence-corrected chi connectivity index (χ3v) is 9.42. The third kappa shape index (κ3) is 3.46. The minimum atomic E-state index is 0.766. The molecular formula is C34H20N2S2. The van der Waals surface area contributed by atoms with Gasteiger partial charge >= 0.3 is 0 Å². The van der Waals surface area contributed by atoms with Crippen molar-refractivity contribution in [1.82, 2.24) is 9.97 Å². The van der Waals surface area contributed by atoms with Gasteiger partial charge in [-0.3, -0.25) is 0 Å². The van der Waals surface area contributed by atoms with Gasteiger partial charge < -0.3 is 0 Å². The van der Waals surface area contributed by atoms with E-state index in [1.54, 1.807) is 11.3 Å². The molecule has 0 aliphatic carbocycles. The lowest BCUT2D eigenvalue weighted by atomic mass is 10.0. The summed E-state index contributed by atoms with van der Waals surface area (Å²) in [5.41, 5.74) is 6.57. The molecule has 0 radical (unpaired) electrons. The van der Waals surface area contributed by atoms with Gasteiger partial charge in [0.25, 0.3) is 0 Å². The van der Waals surface area contributed by atoms with Crippen molar-refractivity contribution in [1.29, 1.82) is 0 Å². The minimum Gasteiger partial charge on any atom is -0.226 e. The van der Waals surface area contributed by atoms with Crippen LogP contribution in [0.2, 0.25) is 0 Å². The van der Waals surface area contributed by atoms with Crippen molar-refractivity contribution in [2.24, 2.45) is 0 Å². The van der Waals surface area contributed by atoms with E-state index in [1.165, 1.54) is 41.4 Å². The summed E-state index contributed by atoms with van der Waals surface area (Å²) in [6.07, 6.45) is 0. The zero-order valence-corrected chi connectivity index (χ0v) is 21.9. The summed E-state index contributed by atoms with van der Waals surface area (Å²) >= 11 is 3.60. The van der Waals surface area contributed by atoms with E-state index in [-0.39, 0.29) is 0 Å². The van der Waals surface area contributed by atoms with Crippen LogP contribution in [0.5, 0.6) is 0 Å². The van der Waals surface area contributed by atoms with Crippen LogP contribution in [0.3, 0.4) is 0 Å². The number of benzene rings is 5. The Labute approximate surface area is 227 Å². The number of hydrogen-bond donors (Lipinski definition) is 0. The molecule has 0 amide bonds. The van der Waals surface area contributed by atoms with Crippen LogP contribution in [-0.4, -0.2) is 9.97 Å². The predicted octanol–water partition coefficient (Wildman–Crippen LogP) is 10.2. The largest absolute Gasteiger partial charge is 0.226 e. The molecule has 0 saturated heterocycles. The Morgan fingerprint density at radius 3 is 1.84 bits per heavy atom. The van der Waals surface area contributed by atoms with E-state index in [9.17, 15) is 0 Å². The highest BCUT2D eigenvalue weighted by Crippen LogP contribution is 2.41. The third-order valence-electron chi connectivity index (χ3n) is 7.12. The Kier molecular flexibility index (Phi) is 4.90. The van der Waals surface area contributed by atoms with Gasteiger partial charge in [-0.25, -0.2) is 9.97 Å². The minimum absolute atomic E-state index is 0.766. The molecule has 3 aromatic heterocycles. The fourth-order valence-electron chi connectivity index (χ4n) is 5.23. The summed E-state index contributed by atoms with van der Waals surface area (Å²) in [5.74, 6) is 0.766. The maximum absolute atomic E-state index is 5.20. The van der Waals surface area contributed by atoms with E-state index >= 15 is 0 Å². The molecule has 0 aliphatic rings. The van der Waals surface area contributed by atoms with Crippen molar-refractivity contribution in [2.75, 3.05) is 0 Å². The van der Waals surface area contributed by atoms with Crippen molar-refractivity contribution in [2.45, 2.75) is 0 Å². The summed E-state index contributed by atoms with van der Waals surface area (Å²) in [5, 5.41) is 3.77. The first kappa shape index (κ1) is 21.7. The average molecular weight is 521 g/mol. The van der Waals surface area contributed by atoms with Crippen molar-refractivity contribution in [3.05, 3.63) is 121 Å². The zero-order chi connectivity index (χ0) is 25.1. The number of thiophene rings is 2. The first-order chi connectivity index (χ1) is 18.8. The molecule has 5 aromatic carbocycles. The van der Waals surface area contributed by atoms with Crippen LogP contribution in [0, 0.1) is 0 Å². The highest BCUT2D eigenvalue weighted by atomic mass is 32.1. The quantitative estimate of drug-likeness (QED) is 0.232. The van der Waals surface area contributed by atoms with Gasteiger partial charge in [0.15, 0.2) is 5.82 Å². The number of aromatic nitrogens is 2. The van der Waals surface area contributed by atoms with Gasteiger partial charge in [0.05, 0.1) is 15.9 Å². The number of hydrogen-bond acceptors (Lipinski definition) is 4. The molecule has 0 saturated carbocycles. The van der Waals surface area contributed by atoms with Crippen LogP contribution >= 0.6 is 22.7 Å². The molecule has 178 valence electrons. The SMILES string of the molecule is c1ccc(-c2ccc(-c3nc(-c4ccc5c(c4)sc4ccccc45)nc4c3sc3ccccc34)cc2)cc1. The Bertz CT molecular complexity index is 2120. The lowest BCUT2D eigenvalue weighted by Gasteiger charge is -2.08. The lowest BCUT2D eigenvalue weighted by Crippen LogP contribution is -1.93. The molecule has 4 heteroatoms. The van der Waals surface area contributed by atoms with Gasteiger partial charge in [0.1, 0.15) is 0 Å². The van der Waals surface area contributed by atoms with Crippen LogP contribution in [0.4, 0.5) is 0 Å². The Morgan fingerprint density at radius 1 is 0.421 bits per heavy atom. The second kappa shape index (κ2) is 8.59. The highest BCUT2D eigenvalue weighted by Gasteiger charge is 2.17. The maximum Gasteiger partial charge on any atom is 0.160 e. The molecule has 3 heterocycles. The molecule has 8 aromatic rings. The van der Waals surface area contributed by atoms with Gasteiger partial charge in [-0.2, -0.15) is 0 Å². The van der Waals surface area contributed by atoms with Crippen molar-refractivity contribution >= 4 is 63.1 Å². The van der Waals surface area contributed by atoms with Crippen LogP contribution in [-0.2, 0) is 0 Å². The van der Waals surface area contributed by atoms with Crippen LogP contribution in [0.15, 0.2) is 121 Å². The fourth-order valence-corrected chi connectivity index (χ4v) is 7.53.